The number of aliphatic hydroxyl groups is 1. The molecule has 0 spiro atoms. The van der Waals surface area contributed by atoms with Crippen LogP contribution in [0.25, 0.3) is 0 Å². The highest BCUT2D eigenvalue weighted by atomic mass is 35.5. The van der Waals surface area contributed by atoms with E-state index in [-0.39, 0.29) is 12.3 Å². The number of carbonyl (C=O) groups is 1. The summed E-state index contributed by atoms with van der Waals surface area (Å²) >= 11 is 6.18. The molecule has 1 heterocycles. The van der Waals surface area contributed by atoms with E-state index in [9.17, 15) is 9.90 Å². The summed E-state index contributed by atoms with van der Waals surface area (Å²) in [6.07, 6.45) is 6.88. The van der Waals surface area contributed by atoms with E-state index in [4.69, 9.17) is 11.6 Å². The number of imidazole rings is 1. The fourth-order valence-electron chi connectivity index (χ4n) is 3.05. The third-order valence-electron chi connectivity index (χ3n) is 4.29. The molecule has 0 bridgehead atoms. The van der Waals surface area contributed by atoms with E-state index in [1.165, 1.54) is 0 Å². The van der Waals surface area contributed by atoms with E-state index < -0.39 is 5.60 Å². The lowest BCUT2D eigenvalue weighted by Gasteiger charge is -2.21. The summed E-state index contributed by atoms with van der Waals surface area (Å²) in [6, 6.07) is 7.58. The molecule has 0 radical (unpaired) electrons. The molecule has 1 aliphatic carbocycles. The smallest absolute Gasteiger partial charge is 0.229 e. The number of amides is 1. The highest BCUT2D eigenvalue weighted by Crippen LogP contribution is 2.32. The van der Waals surface area contributed by atoms with Crippen molar-refractivity contribution < 1.29 is 9.90 Å². The third kappa shape index (κ3) is 3.92. The summed E-state index contributed by atoms with van der Waals surface area (Å²) in [5.41, 5.74) is 0.0987. The molecule has 1 amide bonds. The van der Waals surface area contributed by atoms with Gasteiger partial charge in [0.15, 0.2) is 0 Å². The molecule has 0 saturated heterocycles. The Bertz CT molecular complexity index is 693. The predicted molar refractivity (Wildman–Crippen MR) is 89.4 cm³/mol. The third-order valence-corrected chi connectivity index (χ3v) is 4.66. The Balaban J connectivity index is 1.66. The highest BCUT2D eigenvalue weighted by Gasteiger charge is 2.33. The maximum Gasteiger partial charge on any atom is 0.229 e. The SMILES string of the molecule is O=C(CC1(O)CCCC1)Nc1nccn1Cc1ccccc1Cl. The molecular weight excluding hydrogens is 314 g/mol. The molecule has 6 heteroatoms. The number of benzene rings is 1. The monoisotopic (exact) mass is 333 g/mol. The molecule has 1 aliphatic rings. The Hall–Kier alpha value is -1.85. The molecule has 1 saturated carbocycles. The molecule has 0 atom stereocenters. The molecule has 1 fully saturated rings. The van der Waals surface area contributed by atoms with Crippen LogP contribution in [-0.4, -0.2) is 26.2 Å². The Morgan fingerprint density at radius 3 is 2.83 bits per heavy atom. The van der Waals surface area contributed by atoms with Crippen molar-refractivity contribution in [2.24, 2.45) is 0 Å². The zero-order valence-electron chi connectivity index (χ0n) is 12.8. The highest BCUT2D eigenvalue weighted by molar-refractivity contribution is 6.31. The van der Waals surface area contributed by atoms with Gasteiger partial charge in [0, 0.05) is 17.4 Å². The van der Waals surface area contributed by atoms with Crippen LogP contribution in [0.3, 0.4) is 0 Å². The largest absolute Gasteiger partial charge is 0.389 e. The number of carbonyl (C=O) groups excluding carboxylic acids is 1. The van der Waals surface area contributed by atoms with Crippen LogP contribution >= 0.6 is 11.6 Å². The van der Waals surface area contributed by atoms with Crippen molar-refractivity contribution in [1.29, 1.82) is 0 Å². The predicted octanol–water partition coefficient (Wildman–Crippen LogP) is 3.22. The molecule has 5 nitrogen and oxygen atoms in total. The van der Waals surface area contributed by atoms with Gasteiger partial charge in [0.2, 0.25) is 11.9 Å². The minimum Gasteiger partial charge on any atom is -0.389 e. The first kappa shape index (κ1) is 16.0. The maximum absolute atomic E-state index is 12.2. The van der Waals surface area contributed by atoms with Crippen molar-refractivity contribution in [1.82, 2.24) is 9.55 Å². The number of nitrogens with one attached hydrogen (secondary N) is 1. The van der Waals surface area contributed by atoms with Gasteiger partial charge in [0.25, 0.3) is 0 Å². The standard InChI is InChI=1S/C17H20ClN3O2/c18-14-6-2-1-5-13(14)12-21-10-9-19-16(21)20-15(22)11-17(23)7-3-4-8-17/h1-2,5-6,9-10,23H,3-4,7-8,11-12H2,(H,19,20,22). The van der Waals surface area contributed by atoms with Gasteiger partial charge in [0.1, 0.15) is 0 Å². The first-order chi connectivity index (χ1) is 11.1. The van der Waals surface area contributed by atoms with E-state index >= 15 is 0 Å². The van der Waals surface area contributed by atoms with Gasteiger partial charge in [-0.3, -0.25) is 10.1 Å². The van der Waals surface area contributed by atoms with Crippen LogP contribution in [0, 0.1) is 0 Å². The minimum atomic E-state index is -0.857. The first-order valence-electron chi connectivity index (χ1n) is 7.83. The van der Waals surface area contributed by atoms with E-state index in [0.29, 0.717) is 30.4 Å². The summed E-state index contributed by atoms with van der Waals surface area (Å²) in [4.78, 5) is 16.4. The number of halogens is 1. The number of nitrogens with zero attached hydrogens (tertiary/aromatic N) is 2. The van der Waals surface area contributed by atoms with Crippen molar-refractivity contribution in [3.05, 3.63) is 47.2 Å². The fourth-order valence-corrected chi connectivity index (χ4v) is 3.24. The normalized spacial score (nSPS) is 16.4. The average Bonchev–Trinajstić information content (AvgIpc) is 3.11. The van der Waals surface area contributed by atoms with Gasteiger partial charge in [-0.05, 0) is 24.5 Å². The second kappa shape index (κ2) is 6.72. The van der Waals surface area contributed by atoms with Gasteiger partial charge in [-0.2, -0.15) is 0 Å². The van der Waals surface area contributed by atoms with Crippen LogP contribution in [0.15, 0.2) is 36.7 Å². The lowest BCUT2D eigenvalue weighted by molar-refractivity contribution is -0.120. The molecule has 23 heavy (non-hydrogen) atoms. The Kier molecular flexibility index (Phi) is 4.68. The van der Waals surface area contributed by atoms with E-state index in [0.717, 1.165) is 18.4 Å². The van der Waals surface area contributed by atoms with Crippen molar-refractivity contribution in [3.63, 3.8) is 0 Å². The first-order valence-corrected chi connectivity index (χ1v) is 8.20. The van der Waals surface area contributed by atoms with Gasteiger partial charge in [-0.25, -0.2) is 4.98 Å². The summed E-state index contributed by atoms with van der Waals surface area (Å²) < 4.78 is 1.83. The molecule has 3 rings (SSSR count). The molecule has 1 aromatic heterocycles. The van der Waals surface area contributed by atoms with Gasteiger partial charge < -0.3 is 9.67 Å². The zero-order valence-corrected chi connectivity index (χ0v) is 13.6. The second-order valence-corrected chi connectivity index (χ2v) is 6.53. The number of aromatic nitrogens is 2. The van der Waals surface area contributed by atoms with Crippen LogP contribution in [-0.2, 0) is 11.3 Å². The quantitative estimate of drug-likeness (QED) is 0.882. The van der Waals surface area contributed by atoms with Gasteiger partial charge >= 0.3 is 0 Å². The number of hydrogen-bond acceptors (Lipinski definition) is 3. The Labute approximate surface area is 140 Å². The van der Waals surface area contributed by atoms with Crippen LogP contribution in [0.2, 0.25) is 5.02 Å². The number of anilines is 1. The summed E-state index contributed by atoms with van der Waals surface area (Å²) in [5, 5.41) is 13.8. The molecular formula is C17H20ClN3O2. The van der Waals surface area contributed by atoms with Gasteiger partial charge in [0.05, 0.1) is 18.6 Å². The second-order valence-electron chi connectivity index (χ2n) is 6.13. The minimum absolute atomic E-state index is 0.117. The van der Waals surface area contributed by atoms with Crippen LogP contribution < -0.4 is 5.32 Å². The van der Waals surface area contributed by atoms with Gasteiger partial charge in [-0.15, -0.1) is 0 Å². The summed E-state index contributed by atoms with van der Waals surface area (Å²) in [7, 11) is 0. The van der Waals surface area contributed by atoms with Crippen LogP contribution in [0.5, 0.6) is 0 Å². The molecule has 122 valence electrons. The molecule has 0 unspecified atom stereocenters. The molecule has 2 N–H and O–H groups in total. The number of hydrogen-bond donors (Lipinski definition) is 2. The molecule has 0 aliphatic heterocycles. The van der Waals surface area contributed by atoms with E-state index in [1.807, 2.05) is 28.8 Å². The van der Waals surface area contributed by atoms with Gasteiger partial charge in [-0.1, -0.05) is 42.6 Å². The lowest BCUT2D eigenvalue weighted by atomic mass is 9.98. The number of rotatable bonds is 5. The van der Waals surface area contributed by atoms with E-state index in [1.54, 1.807) is 12.4 Å². The maximum atomic E-state index is 12.2. The van der Waals surface area contributed by atoms with Crippen LogP contribution in [0.4, 0.5) is 5.95 Å². The Morgan fingerprint density at radius 1 is 1.35 bits per heavy atom. The Morgan fingerprint density at radius 2 is 2.09 bits per heavy atom. The average molecular weight is 334 g/mol. The van der Waals surface area contributed by atoms with E-state index in [2.05, 4.69) is 10.3 Å². The fraction of sp³-hybridized carbons (Fsp3) is 0.412. The van der Waals surface area contributed by atoms with Crippen molar-refractivity contribution >= 4 is 23.5 Å². The van der Waals surface area contributed by atoms with Crippen molar-refractivity contribution in [2.75, 3.05) is 5.32 Å². The summed E-state index contributed by atoms with van der Waals surface area (Å²) in [6.45, 7) is 0.527. The topological polar surface area (TPSA) is 67.2 Å². The molecule has 1 aromatic carbocycles. The summed E-state index contributed by atoms with van der Waals surface area (Å²) in [5.74, 6) is 0.262. The lowest BCUT2D eigenvalue weighted by Crippen LogP contribution is -2.31. The van der Waals surface area contributed by atoms with Crippen molar-refractivity contribution in [3.8, 4) is 0 Å². The van der Waals surface area contributed by atoms with Crippen molar-refractivity contribution in [2.45, 2.75) is 44.2 Å². The van der Waals surface area contributed by atoms with Crippen LogP contribution in [0.1, 0.15) is 37.7 Å². The zero-order chi connectivity index (χ0) is 16.3. The molecule has 2 aromatic rings.